The molecule has 0 saturated heterocycles. The third-order valence-corrected chi connectivity index (χ3v) is 7.40. The maximum absolute atomic E-state index is 13.7. The molecule has 1 aliphatic heterocycles. The van der Waals surface area contributed by atoms with Crippen LogP contribution >= 0.6 is 0 Å². The summed E-state index contributed by atoms with van der Waals surface area (Å²) in [5, 5.41) is 14.5. The first-order chi connectivity index (χ1) is 16.8. The Balaban J connectivity index is 1.28. The summed E-state index contributed by atoms with van der Waals surface area (Å²) in [7, 11) is 0. The molecule has 1 aliphatic carbocycles. The molecule has 186 valence electrons. The molecular formula is C27H32FN3O4. The molecule has 0 spiro atoms. The van der Waals surface area contributed by atoms with Gasteiger partial charge >= 0.3 is 12.0 Å². The van der Waals surface area contributed by atoms with E-state index in [0.717, 1.165) is 36.8 Å². The molecule has 2 aromatic rings. The number of carboxylic acids is 1. The van der Waals surface area contributed by atoms with Gasteiger partial charge in [0.15, 0.2) is 0 Å². The van der Waals surface area contributed by atoms with E-state index in [9.17, 15) is 23.9 Å². The van der Waals surface area contributed by atoms with Gasteiger partial charge in [-0.3, -0.25) is 9.59 Å². The fraction of sp³-hybridized carbons (Fsp3) is 0.444. The van der Waals surface area contributed by atoms with E-state index >= 15 is 0 Å². The van der Waals surface area contributed by atoms with Gasteiger partial charge in [0.1, 0.15) is 5.82 Å². The van der Waals surface area contributed by atoms with Gasteiger partial charge in [-0.05, 0) is 79.3 Å². The minimum Gasteiger partial charge on any atom is -0.481 e. The highest BCUT2D eigenvalue weighted by Gasteiger charge is 2.31. The number of nitrogens with zero attached hydrogens (tertiary/aromatic N) is 1. The van der Waals surface area contributed by atoms with Crippen LogP contribution in [0.25, 0.3) is 0 Å². The Morgan fingerprint density at radius 3 is 2.51 bits per heavy atom. The largest absolute Gasteiger partial charge is 0.481 e. The zero-order chi connectivity index (χ0) is 24.9. The van der Waals surface area contributed by atoms with Crippen LogP contribution in [0.5, 0.6) is 0 Å². The van der Waals surface area contributed by atoms with Crippen LogP contribution in [0.4, 0.5) is 20.6 Å². The molecule has 8 heteroatoms. The number of hydrogen-bond donors (Lipinski definition) is 3. The Morgan fingerprint density at radius 1 is 1.06 bits per heavy atom. The number of rotatable bonds is 6. The van der Waals surface area contributed by atoms with E-state index in [0.29, 0.717) is 37.5 Å². The number of amides is 3. The van der Waals surface area contributed by atoms with E-state index in [-0.39, 0.29) is 23.4 Å². The van der Waals surface area contributed by atoms with E-state index in [4.69, 9.17) is 0 Å². The molecular weight excluding hydrogens is 449 g/mol. The molecule has 1 atom stereocenters. The number of anilines is 2. The molecule has 0 aromatic heterocycles. The van der Waals surface area contributed by atoms with E-state index in [2.05, 4.69) is 10.6 Å². The van der Waals surface area contributed by atoms with Gasteiger partial charge in [0, 0.05) is 25.2 Å². The van der Waals surface area contributed by atoms with Crippen molar-refractivity contribution in [1.82, 2.24) is 4.90 Å². The summed E-state index contributed by atoms with van der Waals surface area (Å²) in [5.74, 6) is -0.883. The van der Waals surface area contributed by atoms with E-state index in [1.54, 1.807) is 25.1 Å². The Bertz CT molecular complexity index is 1100. The highest BCUT2D eigenvalue weighted by Crippen LogP contribution is 2.35. The SMILES string of the molecule is CC(C(=O)O)C1CCC(CC(=O)N2CCc3cc(NC(=O)Nc4ccccc4F)ccc3C2)CC1. The minimum atomic E-state index is -0.736. The second kappa shape index (κ2) is 10.9. The predicted octanol–water partition coefficient (Wildman–Crippen LogP) is 5.27. The number of carbonyl (C=O) groups is 3. The minimum absolute atomic E-state index is 0.113. The first-order valence-electron chi connectivity index (χ1n) is 12.2. The topological polar surface area (TPSA) is 98.7 Å². The number of carbonyl (C=O) groups excluding carboxylic acids is 2. The molecule has 1 heterocycles. The van der Waals surface area contributed by atoms with Crippen molar-refractivity contribution in [2.45, 2.75) is 52.0 Å². The number of benzene rings is 2. The van der Waals surface area contributed by atoms with Crippen LogP contribution in [0.3, 0.4) is 0 Å². The molecule has 3 amide bonds. The molecule has 4 rings (SSSR count). The highest BCUT2D eigenvalue weighted by molar-refractivity contribution is 5.99. The van der Waals surface area contributed by atoms with Gasteiger partial charge in [0.25, 0.3) is 0 Å². The second-order valence-electron chi connectivity index (χ2n) is 9.72. The number of hydrogen-bond acceptors (Lipinski definition) is 3. The summed E-state index contributed by atoms with van der Waals surface area (Å²) in [6, 6.07) is 11.1. The van der Waals surface area contributed by atoms with Crippen molar-refractivity contribution in [2.24, 2.45) is 17.8 Å². The second-order valence-corrected chi connectivity index (χ2v) is 9.72. The van der Waals surface area contributed by atoms with Crippen LogP contribution in [0, 0.1) is 23.6 Å². The maximum atomic E-state index is 13.7. The molecule has 2 aliphatic rings. The number of halogens is 1. The lowest BCUT2D eigenvalue weighted by Gasteiger charge is -2.33. The van der Waals surface area contributed by atoms with Crippen molar-refractivity contribution in [3.63, 3.8) is 0 Å². The standard InChI is InChI=1S/C27H32FN3O4/c1-17(26(33)34)19-8-6-18(7-9-19)14-25(32)31-13-12-20-15-22(11-10-21(20)16-31)29-27(35)30-24-5-3-2-4-23(24)28/h2-5,10-11,15,17-19H,6-9,12-14,16H2,1H3,(H,33,34)(H2,29,30,35). The number of aliphatic carboxylic acids is 1. The van der Waals surface area contributed by atoms with Crippen molar-refractivity contribution >= 4 is 29.3 Å². The fourth-order valence-corrected chi connectivity index (χ4v) is 5.16. The van der Waals surface area contributed by atoms with E-state index in [1.807, 2.05) is 17.0 Å². The van der Waals surface area contributed by atoms with Crippen LogP contribution in [0.2, 0.25) is 0 Å². The van der Waals surface area contributed by atoms with Crippen molar-refractivity contribution in [2.75, 3.05) is 17.2 Å². The summed E-state index contributed by atoms with van der Waals surface area (Å²) in [4.78, 5) is 38.3. The predicted molar refractivity (Wildman–Crippen MR) is 131 cm³/mol. The number of para-hydroxylation sites is 1. The number of nitrogens with one attached hydrogen (secondary N) is 2. The summed E-state index contributed by atoms with van der Waals surface area (Å²) in [6.45, 7) is 2.95. The van der Waals surface area contributed by atoms with Crippen LogP contribution < -0.4 is 10.6 Å². The Kier molecular flexibility index (Phi) is 7.68. The van der Waals surface area contributed by atoms with Gasteiger partial charge in [0.05, 0.1) is 11.6 Å². The van der Waals surface area contributed by atoms with Gasteiger partial charge in [-0.15, -0.1) is 0 Å². The van der Waals surface area contributed by atoms with E-state index < -0.39 is 17.8 Å². The van der Waals surface area contributed by atoms with Crippen molar-refractivity contribution in [3.8, 4) is 0 Å². The molecule has 3 N–H and O–H groups in total. The van der Waals surface area contributed by atoms with Gasteiger partial charge < -0.3 is 20.6 Å². The lowest BCUT2D eigenvalue weighted by Crippen LogP contribution is -2.37. The zero-order valence-electron chi connectivity index (χ0n) is 19.9. The smallest absolute Gasteiger partial charge is 0.323 e. The molecule has 2 aromatic carbocycles. The Hall–Kier alpha value is -3.42. The molecule has 7 nitrogen and oxygen atoms in total. The molecule has 1 saturated carbocycles. The van der Waals surface area contributed by atoms with Crippen LogP contribution in [-0.4, -0.2) is 34.5 Å². The fourth-order valence-electron chi connectivity index (χ4n) is 5.16. The number of urea groups is 1. The van der Waals surface area contributed by atoms with Crippen LogP contribution in [-0.2, 0) is 22.6 Å². The van der Waals surface area contributed by atoms with Crippen molar-refractivity contribution < 1.29 is 23.9 Å². The zero-order valence-corrected chi connectivity index (χ0v) is 19.9. The van der Waals surface area contributed by atoms with Crippen molar-refractivity contribution in [3.05, 3.63) is 59.4 Å². The first kappa shape index (κ1) is 24.7. The molecule has 1 unspecified atom stereocenters. The van der Waals surface area contributed by atoms with E-state index in [1.165, 1.54) is 12.1 Å². The Morgan fingerprint density at radius 2 is 1.80 bits per heavy atom. The third kappa shape index (κ3) is 6.18. The van der Waals surface area contributed by atoms with Crippen LogP contribution in [0.15, 0.2) is 42.5 Å². The van der Waals surface area contributed by atoms with Crippen LogP contribution in [0.1, 0.15) is 50.2 Å². The number of carboxylic acid groups (broad SMARTS) is 1. The van der Waals surface area contributed by atoms with Crippen molar-refractivity contribution in [1.29, 1.82) is 0 Å². The highest BCUT2D eigenvalue weighted by atomic mass is 19.1. The summed E-state index contributed by atoms with van der Waals surface area (Å²) < 4.78 is 13.7. The molecule has 0 bridgehead atoms. The average molecular weight is 482 g/mol. The molecule has 35 heavy (non-hydrogen) atoms. The molecule has 1 fully saturated rings. The molecule has 0 radical (unpaired) electrons. The van der Waals surface area contributed by atoms with Gasteiger partial charge in [-0.25, -0.2) is 9.18 Å². The van der Waals surface area contributed by atoms with Gasteiger partial charge in [0.2, 0.25) is 5.91 Å². The summed E-state index contributed by atoms with van der Waals surface area (Å²) in [5.41, 5.74) is 2.87. The summed E-state index contributed by atoms with van der Waals surface area (Å²) in [6.07, 6.45) is 4.77. The maximum Gasteiger partial charge on any atom is 0.323 e. The lowest BCUT2D eigenvalue weighted by molar-refractivity contribution is -0.144. The quantitative estimate of drug-likeness (QED) is 0.523. The first-order valence-corrected chi connectivity index (χ1v) is 12.2. The third-order valence-electron chi connectivity index (χ3n) is 7.40. The average Bonchev–Trinajstić information content (AvgIpc) is 2.85. The number of fused-ring (bicyclic) bond motifs is 1. The Labute approximate surface area is 204 Å². The normalized spacial score (nSPS) is 20.5. The summed E-state index contributed by atoms with van der Waals surface area (Å²) >= 11 is 0. The van der Waals surface area contributed by atoms with Gasteiger partial charge in [-0.2, -0.15) is 0 Å². The monoisotopic (exact) mass is 481 g/mol. The lowest BCUT2D eigenvalue weighted by atomic mass is 9.75. The van der Waals surface area contributed by atoms with Gasteiger partial charge in [-0.1, -0.05) is 25.1 Å².